The molecular weight excluding hydrogens is 134 g/mol. The first-order valence-electron chi connectivity index (χ1n) is 3.79. The van der Waals surface area contributed by atoms with E-state index in [0.717, 1.165) is 0 Å². The van der Waals surface area contributed by atoms with Gasteiger partial charge in [-0.1, -0.05) is 24.3 Å². The van der Waals surface area contributed by atoms with E-state index in [9.17, 15) is 0 Å². The molecule has 0 spiro atoms. The molecule has 0 amide bonds. The van der Waals surface area contributed by atoms with E-state index in [2.05, 4.69) is 24.1 Å². The van der Waals surface area contributed by atoms with Crippen LogP contribution in [0.5, 0.6) is 0 Å². The summed E-state index contributed by atoms with van der Waals surface area (Å²) in [6.45, 7) is 4.14. The van der Waals surface area contributed by atoms with Gasteiger partial charge in [0.05, 0.1) is 0 Å². The zero-order valence-electron chi connectivity index (χ0n) is 6.99. The lowest BCUT2D eigenvalue weighted by Gasteiger charge is -2.13. The quantitative estimate of drug-likeness (QED) is 0.506. The first-order chi connectivity index (χ1) is 5.27. The first-order valence-corrected chi connectivity index (χ1v) is 3.79. The molecule has 1 unspecified atom stereocenters. The molecule has 1 atom stereocenters. The summed E-state index contributed by atoms with van der Waals surface area (Å²) in [6.07, 6.45) is 14.0. The van der Waals surface area contributed by atoms with E-state index in [-0.39, 0.29) is 5.41 Å². The van der Waals surface area contributed by atoms with E-state index in [1.54, 1.807) is 6.20 Å². The van der Waals surface area contributed by atoms with Crippen LogP contribution < -0.4 is 0 Å². The van der Waals surface area contributed by atoms with Gasteiger partial charge in [-0.05, 0) is 19.9 Å². The molecule has 1 heteroatoms. The fourth-order valence-corrected chi connectivity index (χ4v) is 1.07. The van der Waals surface area contributed by atoms with E-state index in [1.807, 2.05) is 31.4 Å². The van der Waals surface area contributed by atoms with Crippen LogP contribution in [0, 0.1) is 5.41 Å². The molecule has 0 N–H and O–H groups in total. The van der Waals surface area contributed by atoms with Crippen molar-refractivity contribution in [1.29, 1.82) is 0 Å². The molecule has 1 nitrogen and oxygen atoms in total. The van der Waals surface area contributed by atoms with Crippen molar-refractivity contribution in [2.24, 2.45) is 10.4 Å². The van der Waals surface area contributed by atoms with Crippen LogP contribution in [0.2, 0.25) is 0 Å². The van der Waals surface area contributed by atoms with Gasteiger partial charge in [0.1, 0.15) is 0 Å². The van der Waals surface area contributed by atoms with E-state index in [4.69, 9.17) is 0 Å². The van der Waals surface area contributed by atoms with Gasteiger partial charge in [-0.3, -0.25) is 4.99 Å². The van der Waals surface area contributed by atoms with Crippen LogP contribution in [0.1, 0.15) is 13.8 Å². The van der Waals surface area contributed by atoms with Crippen molar-refractivity contribution in [2.45, 2.75) is 13.8 Å². The Bertz CT molecular complexity index is 215. The van der Waals surface area contributed by atoms with Crippen molar-refractivity contribution in [1.82, 2.24) is 0 Å². The Morgan fingerprint density at radius 2 is 2.18 bits per heavy atom. The number of rotatable bonds is 1. The number of aliphatic imine (C=N–C) groups is 1. The van der Waals surface area contributed by atoms with E-state index < -0.39 is 0 Å². The molecule has 0 saturated carbocycles. The summed E-state index contributed by atoms with van der Waals surface area (Å²) < 4.78 is 0. The highest BCUT2D eigenvalue weighted by atomic mass is 14.7. The summed E-state index contributed by atoms with van der Waals surface area (Å²) in [5.74, 6) is 0. The highest BCUT2D eigenvalue weighted by Gasteiger charge is 2.12. The molecule has 58 valence electrons. The van der Waals surface area contributed by atoms with Crippen LogP contribution in [-0.2, 0) is 0 Å². The fourth-order valence-electron chi connectivity index (χ4n) is 1.07. The molecule has 0 aromatic carbocycles. The van der Waals surface area contributed by atoms with Gasteiger partial charge in [0.2, 0.25) is 0 Å². The Labute approximate surface area is 67.8 Å². The zero-order chi connectivity index (χ0) is 8.16. The van der Waals surface area contributed by atoms with Gasteiger partial charge in [0.15, 0.2) is 0 Å². The predicted molar refractivity (Wildman–Crippen MR) is 49.7 cm³/mol. The highest BCUT2D eigenvalue weighted by Crippen LogP contribution is 2.19. The molecule has 0 aromatic rings. The number of nitrogens with zero attached hydrogens (tertiary/aromatic N) is 1. The standard InChI is InChI=1S/C10H13N/c1-3-6-10(2)7-4-5-8-11-9-10/h3-9H,1-2H3/b6-3+. The monoisotopic (exact) mass is 147 g/mol. The van der Waals surface area contributed by atoms with E-state index in [1.165, 1.54) is 0 Å². The Balaban J connectivity index is 2.86. The van der Waals surface area contributed by atoms with Gasteiger partial charge in [0.25, 0.3) is 0 Å². The minimum absolute atomic E-state index is 0.00174. The van der Waals surface area contributed by atoms with Crippen LogP contribution in [0.15, 0.2) is 41.6 Å². The van der Waals surface area contributed by atoms with Crippen molar-refractivity contribution in [2.75, 3.05) is 0 Å². The summed E-state index contributed by atoms with van der Waals surface area (Å²) >= 11 is 0. The molecule has 0 bridgehead atoms. The van der Waals surface area contributed by atoms with Gasteiger partial charge in [0, 0.05) is 17.8 Å². The molecule has 0 saturated heterocycles. The van der Waals surface area contributed by atoms with Gasteiger partial charge in [-0.2, -0.15) is 0 Å². The zero-order valence-corrected chi connectivity index (χ0v) is 6.99. The van der Waals surface area contributed by atoms with Gasteiger partial charge >= 0.3 is 0 Å². The Hall–Kier alpha value is -1.11. The van der Waals surface area contributed by atoms with Crippen LogP contribution in [-0.4, -0.2) is 6.21 Å². The molecule has 0 radical (unpaired) electrons. The average molecular weight is 147 g/mol. The Morgan fingerprint density at radius 3 is 2.91 bits per heavy atom. The number of hydrogen-bond donors (Lipinski definition) is 0. The highest BCUT2D eigenvalue weighted by molar-refractivity contribution is 5.72. The van der Waals surface area contributed by atoms with Gasteiger partial charge in [-0.25, -0.2) is 0 Å². The lowest BCUT2D eigenvalue weighted by molar-refractivity contribution is 0.791. The third kappa shape index (κ3) is 2.19. The van der Waals surface area contributed by atoms with Crippen molar-refractivity contribution in [3.63, 3.8) is 0 Å². The molecule has 1 rings (SSSR count). The predicted octanol–water partition coefficient (Wildman–Crippen LogP) is 2.72. The molecule has 1 heterocycles. The molecule has 11 heavy (non-hydrogen) atoms. The second kappa shape index (κ2) is 3.33. The van der Waals surface area contributed by atoms with Gasteiger partial charge in [-0.15, -0.1) is 0 Å². The second-order valence-electron chi connectivity index (χ2n) is 2.84. The lowest BCUT2D eigenvalue weighted by atomic mass is 9.91. The Morgan fingerprint density at radius 1 is 1.36 bits per heavy atom. The van der Waals surface area contributed by atoms with Crippen LogP contribution >= 0.6 is 0 Å². The second-order valence-corrected chi connectivity index (χ2v) is 2.84. The summed E-state index contributed by atoms with van der Waals surface area (Å²) in [4.78, 5) is 4.12. The SMILES string of the molecule is C/C=C/C1(C)C=CC=CN=C1. The van der Waals surface area contributed by atoms with Crippen molar-refractivity contribution in [3.8, 4) is 0 Å². The van der Waals surface area contributed by atoms with E-state index >= 15 is 0 Å². The largest absolute Gasteiger partial charge is 0.268 e. The van der Waals surface area contributed by atoms with E-state index in [0.29, 0.717) is 0 Å². The molecule has 0 aliphatic carbocycles. The maximum atomic E-state index is 4.12. The van der Waals surface area contributed by atoms with Crippen molar-refractivity contribution < 1.29 is 0 Å². The van der Waals surface area contributed by atoms with Crippen LogP contribution in [0.25, 0.3) is 0 Å². The van der Waals surface area contributed by atoms with Crippen LogP contribution in [0.3, 0.4) is 0 Å². The minimum Gasteiger partial charge on any atom is -0.268 e. The minimum atomic E-state index is -0.00174. The third-order valence-corrected chi connectivity index (χ3v) is 1.62. The molecule has 0 fully saturated rings. The summed E-state index contributed by atoms with van der Waals surface area (Å²) in [5.41, 5.74) is -0.00174. The van der Waals surface area contributed by atoms with Crippen molar-refractivity contribution in [3.05, 3.63) is 36.6 Å². The third-order valence-electron chi connectivity index (χ3n) is 1.62. The number of allylic oxidation sites excluding steroid dienone is 5. The smallest absolute Gasteiger partial charge is 0.0390 e. The van der Waals surface area contributed by atoms with Crippen LogP contribution in [0.4, 0.5) is 0 Å². The van der Waals surface area contributed by atoms with Crippen molar-refractivity contribution >= 4 is 6.21 Å². The maximum Gasteiger partial charge on any atom is 0.0390 e. The fraction of sp³-hybridized carbons (Fsp3) is 0.300. The topological polar surface area (TPSA) is 12.4 Å². The average Bonchev–Trinajstić information content (AvgIpc) is 2.15. The molecule has 1 aliphatic heterocycles. The maximum absolute atomic E-state index is 4.12. The number of hydrogen-bond acceptors (Lipinski definition) is 1. The first kappa shape index (κ1) is 7.99. The van der Waals surface area contributed by atoms with Gasteiger partial charge < -0.3 is 0 Å². The molecule has 1 aliphatic rings. The summed E-state index contributed by atoms with van der Waals surface area (Å²) in [7, 11) is 0. The Kier molecular flexibility index (Phi) is 2.42. The lowest BCUT2D eigenvalue weighted by Crippen LogP contribution is -2.10. The normalized spacial score (nSPS) is 29.6. The molecular formula is C10H13N. The molecule has 0 aromatic heterocycles. The summed E-state index contributed by atoms with van der Waals surface area (Å²) in [5, 5.41) is 0. The summed E-state index contributed by atoms with van der Waals surface area (Å²) in [6, 6.07) is 0.